The Morgan fingerprint density at radius 2 is 1.89 bits per heavy atom. The summed E-state index contributed by atoms with van der Waals surface area (Å²) in [6.07, 6.45) is 1.88. The Morgan fingerprint density at radius 1 is 1.28 bits per heavy atom. The summed E-state index contributed by atoms with van der Waals surface area (Å²) in [6.45, 7) is 5.75. The van der Waals surface area contributed by atoms with E-state index in [1.807, 2.05) is 0 Å². The summed E-state index contributed by atoms with van der Waals surface area (Å²) < 4.78 is 28.3. The number of hydrogen-bond acceptors (Lipinski definition) is 4. The lowest BCUT2D eigenvalue weighted by atomic mass is 10.4. The highest BCUT2D eigenvalue weighted by Crippen LogP contribution is 2.26. The number of aryl methyl sites for hydroxylation is 1. The molecule has 0 amide bonds. The van der Waals surface area contributed by atoms with E-state index >= 15 is 0 Å². The van der Waals surface area contributed by atoms with E-state index in [2.05, 4.69) is 5.10 Å². The van der Waals surface area contributed by atoms with Crippen LogP contribution in [-0.4, -0.2) is 42.1 Å². The zero-order valence-corrected chi connectivity index (χ0v) is 11.7. The van der Waals surface area contributed by atoms with Crippen LogP contribution in [0.4, 0.5) is 0 Å². The maximum absolute atomic E-state index is 12.5. The molecular formula is C11H20N4O2S. The summed E-state index contributed by atoms with van der Waals surface area (Å²) in [6, 6.07) is 0. The van der Waals surface area contributed by atoms with Gasteiger partial charge >= 0.3 is 0 Å². The van der Waals surface area contributed by atoms with Crippen LogP contribution in [0.3, 0.4) is 0 Å². The Labute approximate surface area is 108 Å². The lowest BCUT2D eigenvalue weighted by molar-refractivity contribution is 0.476. The molecule has 0 radical (unpaired) electrons. The lowest BCUT2D eigenvalue weighted by Crippen LogP contribution is -2.28. The Kier molecular flexibility index (Phi) is 3.74. The third-order valence-corrected chi connectivity index (χ3v) is 5.47. The van der Waals surface area contributed by atoms with Crippen LogP contribution in [0.2, 0.25) is 0 Å². The highest BCUT2D eigenvalue weighted by atomic mass is 32.2. The molecule has 1 aromatic rings. The van der Waals surface area contributed by atoms with Crippen LogP contribution in [0.25, 0.3) is 0 Å². The maximum atomic E-state index is 12.5. The number of nitrogens with two attached hydrogens (primary N) is 1. The van der Waals surface area contributed by atoms with E-state index in [1.165, 1.54) is 0 Å². The van der Waals surface area contributed by atoms with E-state index in [9.17, 15) is 8.42 Å². The van der Waals surface area contributed by atoms with Crippen LogP contribution < -0.4 is 5.73 Å². The topological polar surface area (TPSA) is 81.2 Å². The van der Waals surface area contributed by atoms with Crippen LogP contribution >= 0.6 is 0 Å². The molecule has 0 saturated carbocycles. The zero-order chi connectivity index (χ0) is 13.3. The lowest BCUT2D eigenvalue weighted by Gasteiger charge is -2.15. The Morgan fingerprint density at radius 3 is 2.44 bits per heavy atom. The molecule has 0 atom stereocenters. The molecule has 1 aliphatic heterocycles. The molecule has 1 aliphatic rings. The third-order valence-electron chi connectivity index (χ3n) is 3.32. The van der Waals surface area contributed by atoms with E-state index in [4.69, 9.17) is 5.73 Å². The van der Waals surface area contributed by atoms with Crippen molar-refractivity contribution in [1.82, 2.24) is 14.1 Å². The molecule has 7 heteroatoms. The smallest absolute Gasteiger partial charge is 0.246 e. The Balaban J connectivity index is 2.44. The summed E-state index contributed by atoms with van der Waals surface area (Å²) in [5.41, 5.74) is 6.75. The van der Waals surface area contributed by atoms with Gasteiger partial charge in [-0.1, -0.05) is 0 Å². The van der Waals surface area contributed by atoms with Crippen molar-refractivity contribution >= 4 is 10.0 Å². The largest absolute Gasteiger partial charge is 0.329 e. The van der Waals surface area contributed by atoms with Crippen molar-refractivity contribution in [2.75, 3.05) is 19.6 Å². The molecule has 1 saturated heterocycles. The first-order chi connectivity index (χ1) is 8.48. The molecule has 102 valence electrons. The molecule has 1 fully saturated rings. The highest BCUT2D eigenvalue weighted by molar-refractivity contribution is 7.89. The fourth-order valence-electron chi connectivity index (χ4n) is 2.45. The van der Waals surface area contributed by atoms with Crippen molar-refractivity contribution in [3.63, 3.8) is 0 Å². The van der Waals surface area contributed by atoms with Crippen LogP contribution in [0.5, 0.6) is 0 Å². The first kappa shape index (κ1) is 13.5. The van der Waals surface area contributed by atoms with Gasteiger partial charge in [-0.3, -0.25) is 4.68 Å². The average molecular weight is 272 g/mol. The van der Waals surface area contributed by atoms with Gasteiger partial charge in [0.2, 0.25) is 10.0 Å². The van der Waals surface area contributed by atoms with Crippen molar-refractivity contribution in [3.05, 3.63) is 11.4 Å². The minimum Gasteiger partial charge on any atom is -0.329 e. The second kappa shape index (κ2) is 4.99. The number of nitrogens with zero attached hydrogens (tertiary/aromatic N) is 3. The summed E-state index contributed by atoms with van der Waals surface area (Å²) >= 11 is 0. The Hall–Kier alpha value is -0.920. The van der Waals surface area contributed by atoms with E-state index in [0.717, 1.165) is 12.8 Å². The summed E-state index contributed by atoms with van der Waals surface area (Å²) in [7, 11) is -3.39. The van der Waals surface area contributed by atoms with Gasteiger partial charge in [0.1, 0.15) is 4.90 Å². The minimum absolute atomic E-state index is 0.359. The fraction of sp³-hybridized carbons (Fsp3) is 0.727. The van der Waals surface area contributed by atoms with Gasteiger partial charge in [0, 0.05) is 19.6 Å². The van der Waals surface area contributed by atoms with Crippen molar-refractivity contribution in [1.29, 1.82) is 0 Å². The molecule has 0 spiro atoms. The molecule has 0 bridgehead atoms. The molecule has 2 N–H and O–H groups in total. The second-order valence-corrected chi connectivity index (χ2v) is 6.50. The zero-order valence-electron chi connectivity index (χ0n) is 10.9. The molecule has 2 rings (SSSR count). The van der Waals surface area contributed by atoms with Gasteiger partial charge in [-0.15, -0.1) is 0 Å². The second-order valence-electron chi connectivity index (χ2n) is 4.62. The predicted molar refractivity (Wildman–Crippen MR) is 68.7 cm³/mol. The standard InChI is InChI=1S/C11H20N4O2S/c1-9-11(10(2)15(13-9)8-5-12)18(16,17)14-6-3-4-7-14/h3-8,12H2,1-2H3. The van der Waals surface area contributed by atoms with E-state index in [0.29, 0.717) is 42.5 Å². The van der Waals surface area contributed by atoms with Gasteiger partial charge in [-0.2, -0.15) is 9.40 Å². The van der Waals surface area contributed by atoms with Crippen LogP contribution in [0.15, 0.2) is 4.90 Å². The van der Waals surface area contributed by atoms with Gasteiger partial charge in [-0.05, 0) is 26.7 Å². The number of hydrogen-bond donors (Lipinski definition) is 1. The van der Waals surface area contributed by atoms with Gasteiger partial charge in [0.05, 0.1) is 17.9 Å². The van der Waals surface area contributed by atoms with Crippen molar-refractivity contribution in [2.45, 2.75) is 38.1 Å². The van der Waals surface area contributed by atoms with E-state index in [1.54, 1.807) is 22.8 Å². The molecule has 6 nitrogen and oxygen atoms in total. The first-order valence-corrected chi connectivity index (χ1v) is 7.66. The maximum Gasteiger partial charge on any atom is 0.246 e. The van der Waals surface area contributed by atoms with Gasteiger partial charge < -0.3 is 5.73 Å². The summed E-state index contributed by atoms with van der Waals surface area (Å²) in [5.74, 6) is 0. The van der Waals surface area contributed by atoms with Gasteiger partial charge in [0.15, 0.2) is 0 Å². The number of rotatable bonds is 4. The normalized spacial score (nSPS) is 17.5. The number of aromatic nitrogens is 2. The Bertz CT molecular complexity index is 529. The van der Waals surface area contributed by atoms with Crippen LogP contribution in [0.1, 0.15) is 24.2 Å². The van der Waals surface area contributed by atoms with E-state index < -0.39 is 10.0 Å². The molecule has 18 heavy (non-hydrogen) atoms. The SMILES string of the molecule is Cc1nn(CCN)c(C)c1S(=O)(=O)N1CCCC1. The molecule has 0 aliphatic carbocycles. The van der Waals surface area contributed by atoms with Crippen LogP contribution in [0, 0.1) is 13.8 Å². The monoisotopic (exact) mass is 272 g/mol. The third kappa shape index (κ3) is 2.17. The highest BCUT2D eigenvalue weighted by Gasteiger charge is 2.32. The van der Waals surface area contributed by atoms with Gasteiger partial charge in [0.25, 0.3) is 0 Å². The minimum atomic E-state index is -3.39. The fourth-order valence-corrected chi connectivity index (χ4v) is 4.34. The molecule has 0 aromatic carbocycles. The van der Waals surface area contributed by atoms with Crippen molar-refractivity contribution in [3.8, 4) is 0 Å². The molecule has 0 unspecified atom stereocenters. The summed E-state index contributed by atoms with van der Waals surface area (Å²) in [4.78, 5) is 0.359. The quantitative estimate of drug-likeness (QED) is 0.851. The summed E-state index contributed by atoms with van der Waals surface area (Å²) in [5, 5.41) is 4.27. The molecule has 2 heterocycles. The first-order valence-electron chi connectivity index (χ1n) is 6.22. The van der Waals surface area contributed by atoms with Crippen molar-refractivity contribution in [2.24, 2.45) is 5.73 Å². The number of sulfonamides is 1. The average Bonchev–Trinajstić information content (AvgIpc) is 2.89. The molecule has 1 aromatic heterocycles. The van der Waals surface area contributed by atoms with Crippen molar-refractivity contribution < 1.29 is 8.42 Å². The van der Waals surface area contributed by atoms with E-state index in [-0.39, 0.29) is 0 Å². The van der Waals surface area contributed by atoms with Gasteiger partial charge in [-0.25, -0.2) is 8.42 Å². The molecular weight excluding hydrogens is 252 g/mol. The predicted octanol–water partition coefficient (Wildman–Crippen LogP) is 0.243. The van der Waals surface area contributed by atoms with Crippen LogP contribution in [-0.2, 0) is 16.6 Å².